The van der Waals surface area contributed by atoms with Crippen LogP contribution in [0, 0.1) is 13.8 Å². The van der Waals surface area contributed by atoms with Gasteiger partial charge in [-0.15, -0.1) is 0 Å². The molecule has 5 heteroatoms. The molecule has 2 fully saturated rings. The first-order chi connectivity index (χ1) is 10.0. The van der Waals surface area contributed by atoms with Gasteiger partial charge >= 0.3 is 0 Å². The summed E-state index contributed by atoms with van der Waals surface area (Å²) in [6.07, 6.45) is 6.50. The number of carbonyl (C=O) groups is 2. The van der Waals surface area contributed by atoms with Gasteiger partial charge in [0.15, 0.2) is 0 Å². The third kappa shape index (κ3) is 2.49. The molecule has 0 spiro atoms. The van der Waals surface area contributed by atoms with Crippen LogP contribution in [-0.2, 0) is 11.8 Å². The van der Waals surface area contributed by atoms with Crippen LogP contribution in [-0.4, -0.2) is 38.5 Å². The molecule has 21 heavy (non-hydrogen) atoms. The number of carbonyl (C=O) groups excluding carboxylic acids is 2. The predicted molar refractivity (Wildman–Crippen MR) is 79.1 cm³/mol. The van der Waals surface area contributed by atoms with Crippen LogP contribution in [0.1, 0.15) is 60.3 Å². The van der Waals surface area contributed by atoms with E-state index in [4.69, 9.17) is 0 Å². The van der Waals surface area contributed by atoms with Gasteiger partial charge in [-0.25, -0.2) is 0 Å². The minimum atomic E-state index is -0.378. The summed E-state index contributed by atoms with van der Waals surface area (Å²) in [5, 5.41) is 4.26. The number of Topliss-reactive ketones (excluding diaryl/α,β-unsaturated/α-hetero) is 1. The van der Waals surface area contributed by atoms with Crippen molar-refractivity contribution >= 4 is 11.7 Å². The summed E-state index contributed by atoms with van der Waals surface area (Å²) in [5.74, 6) is -0.694. The molecule has 1 aromatic heterocycles. The molecule has 1 aromatic rings. The number of rotatable bonds is 4. The maximum atomic E-state index is 12.8. The minimum absolute atomic E-state index is 0.270. The van der Waals surface area contributed by atoms with Gasteiger partial charge in [0, 0.05) is 24.8 Å². The van der Waals surface area contributed by atoms with E-state index < -0.39 is 0 Å². The molecule has 0 aromatic carbocycles. The van der Waals surface area contributed by atoms with Crippen LogP contribution in [0.25, 0.3) is 0 Å². The van der Waals surface area contributed by atoms with E-state index in [1.165, 1.54) is 12.8 Å². The Morgan fingerprint density at radius 3 is 2.14 bits per heavy atom. The summed E-state index contributed by atoms with van der Waals surface area (Å²) in [6, 6.07) is 0.563. The van der Waals surface area contributed by atoms with Crippen molar-refractivity contribution in [2.45, 2.75) is 64.5 Å². The SMILES string of the molecule is Cc1nn(C)c(C)c1C(=O)C(=O)N(C1CCCC1)C1CC1. The van der Waals surface area contributed by atoms with Crippen molar-refractivity contribution in [2.24, 2.45) is 7.05 Å². The van der Waals surface area contributed by atoms with Gasteiger partial charge in [0.1, 0.15) is 0 Å². The lowest BCUT2D eigenvalue weighted by Crippen LogP contribution is -2.44. The van der Waals surface area contributed by atoms with Crippen LogP contribution in [0.3, 0.4) is 0 Å². The number of aromatic nitrogens is 2. The van der Waals surface area contributed by atoms with E-state index in [1.54, 1.807) is 18.7 Å². The van der Waals surface area contributed by atoms with E-state index in [0.717, 1.165) is 31.4 Å². The molecular formula is C16H23N3O2. The Morgan fingerprint density at radius 1 is 1.10 bits per heavy atom. The molecule has 0 bridgehead atoms. The zero-order valence-corrected chi connectivity index (χ0v) is 13.1. The van der Waals surface area contributed by atoms with Crippen LogP contribution in [0.15, 0.2) is 0 Å². The third-order valence-electron chi connectivity index (χ3n) is 4.82. The van der Waals surface area contributed by atoms with E-state index >= 15 is 0 Å². The zero-order chi connectivity index (χ0) is 15.1. The van der Waals surface area contributed by atoms with Crippen molar-refractivity contribution < 1.29 is 9.59 Å². The molecule has 2 aliphatic rings. The molecule has 0 aliphatic heterocycles. The monoisotopic (exact) mass is 289 g/mol. The molecule has 0 atom stereocenters. The fourth-order valence-corrected chi connectivity index (χ4v) is 3.49. The summed E-state index contributed by atoms with van der Waals surface area (Å²) in [6.45, 7) is 3.64. The van der Waals surface area contributed by atoms with E-state index in [2.05, 4.69) is 5.10 Å². The summed E-state index contributed by atoms with van der Waals surface area (Å²) >= 11 is 0. The summed E-state index contributed by atoms with van der Waals surface area (Å²) in [5.41, 5.74) is 1.91. The van der Waals surface area contributed by atoms with Crippen LogP contribution < -0.4 is 0 Å². The number of hydrogen-bond acceptors (Lipinski definition) is 3. The number of nitrogens with zero attached hydrogens (tertiary/aromatic N) is 3. The minimum Gasteiger partial charge on any atom is -0.330 e. The fourth-order valence-electron chi connectivity index (χ4n) is 3.49. The Bertz CT molecular complexity index is 581. The lowest BCUT2D eigenvalue weighted by molar-refractivity contribution is -0.129. The number of ketones is 1. The van der Waals surface area contributed by atoms with Gasteiger partial charge in [0.2, 0.25) is 0 Å². The van der Waals surface area contributed by atoms with Crippen molar-refractivity contribution in [1.82, 2.24) is 14.7 Å². The first kappa shape index (κ1) is 14.3. The molecule has 5 nitrogen and oxygen atoms in total. The highest BCUT2D eigenvalue weighted by molar-refractivity contribution is 6.43. The molecule has 0 saturated heterocycles. The Kier molecular flexibility index (Phi) is 3.59. The standard InChI is InChI=1S/C16H23N3O2/c1-10-14(11(2)18(3)17-10)15(20)16(21)19(13-8-9-13)12-6-4-5-7-12/h12-13H,4-9H2,1-3H3. The second-order valence-electron chi connectivity index (χ2n) is 6.38. The first-order valence-electron chi connectivity index (χ1n) is 7.88. The highest BCUT2D eigenvalue weighted by Crippen LogP contribution is 2.35. The van der Waals surface area contributed by atoms with Gasteiger partial charge in [-0.3, -0.25) is 14.3 Å². The molecule has 114 valence electrons. The predicted octanol–water partition coefficient (Wildman–Crippen LogP) is 2.15. The van der Waals surface area contributed by atoms with Gasteiger partial charge in [0.05, 0.1) is 11.3 Å². The maximum Gasteiger partial charge on any atom is 0.295 e. The first-order valence-corrected chi connectivity index (χ1v) is 7.88. The Hall–Kier alpha value is -1.65. The normalized spacial score (nSPS) is 19.0. The van der Waals surface area contributed by atoms with Crippen molar-refractivity contribution in [3.8, 4) is 0 Å². The van der Waals surface area contributed by atoms with Crippen LogP contribution in [0.2, 0.25) is 0 Å². The average Bonchev–Trinajstić information content (AvgIpc) is 3.05. The fraction of sp³-hybridized carbons (Fsp3) is 0.688. The van der Waals surface area contributed by atoms with E-state index in [9.17, 15) is 9.59 Å². The Morgan fingerprint density at radius 2 is 1.67 bits per heavy atom. The summed E-state index contributed by atoms with van der Waals surface area (Å²) < 4.78 is 1.67. The van der Waals surface area contributed by atoms with Crippen molar-refractivity contribution in [2.75, 3.05) is 0 Å². The van der Waals surface area contributed by atoms with Gasteiger partial charge in [-0.1, -0.05) is 12.8 Å². The lowest BCUT2D eigenvalue weighted by Gasteiger charge is -2.28. The molecule has 3 rings (SSSR count). The van der Waals surface area contributed by atoms with Gasteiger partial charge < -0.3 is 4.90 Å². The van der Waals surface area contributed by atoms with Crippen molar-refractivity contribution in [1.29, 1.82) is 0 Å². The van der Waals surface area contributed by atoms with Gasteiger partial charge in [-0.2, -0.15) is 5.10 Å². The third-order valence-corrected chi connectivity index (χ3v) is 4.82. The summed E-state index contributed by atoms with van der Waals surface area (Å²) in [4.78, 5) is 27.3. The zero-order valence-electron chi connectivity index (χ0n) is 13.1. The second kappa shape index (κ2) is 5.28. The smallest absolute Gasteiger partial charge is 0.295 e. The van der Waals surface area contributed by atoms with Crippen LogP contribution in [0.5, 0.6) is 0 Å². The maximum absolute atomic E-state index is 12.8. The van der Waals surface area contributed by atoms with E-state index in [1.807, 2.05) is 11.8 Å². The van der Waals surface area contributed by atoms with Crippen molar-refractivity contribution in [3.05, 3.63) is 17.0 Å². The molecule has 2 saturated carbocycles. The van der Waals surface area contributed by atoms with Crippen LogP contribution in [0.4, 0.5) is 0 Å². The molecule has 1 heterocycles. The van der Waals surface area contributed by atoms with E-state index in [-0.39, 0.29) is 17.7 Å². The van der Waals surface area contributed by atoms with Gasteiger partial charge in [0.25, 0.3) is 11.7 Å². The molecular weight excluding hydrogens is 266 g/mol. The molecule has 0 unspecified atom stereocenters. The molecule has 0 N–H and O–H groups in total. The van der Waals surface area contributed by atoms with E-state index in [0.29, 0.717) is 17.3 Å². The largest absolute Gasteiger partial charge is 0.330 e. The number of amides is 1. The number of aryl methyl sites for hydroxylation is 2. The lowest BCUT2D eigenvalue weighted by atomic mass is 10.1. The molecule has 2 aliphatic carbocycles. The quantitative estimate of drug-likeness (QED) is 0.630. The highest BCUT2D eigenvalue weighted by atomic mass is 16.2. The van der Waals surface area contributed by atoms with Crippen LogP contribution >= 0.6 is 0 Å². The Labute approximate surface area is 125 Å². The Balaban J connectivity index is 1.87. The molecule has 1 amide bonds. The topological polar surface area (TPSA) is 55.2 Å². The highest BCUT2D eigenvalue weighted by Gasteiger charge is 2.41. The molecule has 0 radical (unpaired) electrons. The number of hydrogen-bond donors (Lipinski definition) is 0. The summed E-state index contributed by atoms with van der Waals surface area (Å²) in [7, 11) is 1.80. The second-order valence-corrected chi connectivity index (χ2v) is 6.38. The van der Waals surface area contributed by atoms with Crippen molar-refractivity contribution in [3.63, 3.8) is 0 Å². The van der Waals surface area contributed by atoms with Gasteiger partial charge in [-0.05, 0) is 39.5 Å². The average molecular weight is 289 g/mol.